The van der Waals surface area contributed by atoms with Gasteiger partial charge in [-0.1, -0.05) is 35.3 Å². The van der Waals surface area contributed by atoms with E-state index in [-0.39, 0.29) is 12.1 Å². The van der Waals surface area contributed by atoms with Crippen LogP contribution in [0.3, 0.4) is 0 Å². The maximum atomic E-state index is 6.30. The zero-order valence-corrected chi connectivity index (χ0v) is 13.5. The molecule has 2 unspecified atom stereocenters. The summed E-state index contributed by atoms with van der Waals surface area (Å²) in [7, 11) is 0. The van der Waals surface area contributed by atoms with Crippen molar-refractivity contribution in [1.82, 2.24) is 10.3 Å². The van der Waals surface area contributed by atoms with Crippen LogP contribution in [0.1, 0.15) is 48.7 Å². The summed E-state index contributed by atoms with van der Waals surface area (Å²) in [4.78, 5) is 4.57. The predicted octanol–water partition coefficient (Wildman–Crippen LogP) is 5.12. The molecule has 1 heterocycles. The fourth-order valence-electron chi connectivity index (χ4n) is 3.02. The van der Waals surface area contributed by atoms with E-state index in [0.29, 0.717) is 10.0 Å². The Hall–Kier alpha value is -1.09. The summed E-state index contributed by atoms with van der Waals surface area (Å²) in [6.07, 6.45) is 5.30. The van der Waals surface area contributed by atoms with E-state index in [1.165, 1.54) is 17.7 Å². The lowest BCUT2D eigenvalue weighted by Gasteiger charge is -2.28. The molecule has 21 heavy (non-hydrogen) atoms. The summed E-state index contributed by atoms with van der Waals surface area (Å²) >= 11 is 12.3. The molecule has 0 amide bonds. The third-order valence-electron chi connectivity index (χ3n) is 4.08. The number of nitrogens with zero attached hydrogens (tertiary/aromatic N) is 1. The molecule has 1 N–H and O–H groups in total. The highest BCUT2D eigenvalue weighted by Gasteiger charge is 2.23. The van der Waals surface area contributed by atoms with Crippen molar-refractivity contribution in [2.24, 2.45) is 0 Å². The molecule has 0 fully saturated rings. The normalized spacial score (nSPS) is 19.1. The highest BCUT2D eigenvalue weighted by Crippen LogP contribution is 2.32. The van der Waals surface area contributed by atoms with Crippen LogP contribution >= 0.6 is 23.2 Å². The third kappa shape index (κ3) is 3.23. The summed E-state index contributed by atoms with van der Waals surface area (Å²) in [5.74, 6) is 0. The van der Waals surface area contributed by atoms with Crippen LogP contribution in [0.25, 0.3) is 0 Å². The number of hydrogen-bond acceptors (Lipinski definition) is 2. The smallest absolute Gasteiger partial charge is 0.0605 e. The van der Waals surface area contributed by atoms with Crippen LogP contribution < -0.4 is 5.32 Å². The fourth-order valence-corrected chi connectivity index (χ4v) is 3.59. The van der Waals surface area contributed by atoms with Gasteiger partial charge < -0.3 is 5.32 Å². The first kappa shape index (κ1) is 14.8. The SMILES string of the molecule is CC(NC1CCCc2cccnc21)c1ccc(Cl)cc1Cl. The van der Waals surface area contributed by atoms with Crippen LogP contribution in [-0.2, 0) is 6.42 Å². The summed E-state index contributed by atoms with van der Waals surface area (Å²) in [6.45, 7) is 2.13. The van der Waals surface area contributed by atoms with Gasteiger partial charge in [-0.15, -0.1) is 0 Å². The predicted molar refractivity (Wildman–Crippen MR) is 87.9 cm³/mol. The Morgan fingerprint density at radius 3 is 2.95 bits per heavy atom. The zero-order chi connectivity index (χ0) is 14.8. The molecular formula is C17H18Cl2N2. The topological polar surface area (TPSA) is 24.9 Å². The van der Waals surface area contributed by atoms with Crippen molar-refractivity contribution in [2.75, 3.05) is 0 Å². The monoisotopic (exact) mass is 320 g/mol. The molecule has 1 aromatic carbocycles. The van der Waals surface area contributed by atoms with Crippen LogP contribution in [0.4, 0.5) is 0 Å². The first-order valence-corrected chi connectivity index (χ1v) is 8.05. The van der Waals surface area contributed by atoms with Gasteiger partial charge in [0, 0.05) is 22.3 Å². The summed E-state index contributed by atoms with van der Waals surface area (Å²) < 4.78 is 0. The van der Waals surface area contributed by atoms with Crippen LogP contribution in [0.2, 0.25) is 10.0 Å². The van der Waals surface area contributed by atoms with E-state index >= 15 is 0 Å². The molecule has 2 nitrogen and oxygen atoms in total. The molecule has 1 aliphatic rings. The minimum atomic E-state index is 0.160. The number of rotatable bonds is 3. The van der Waals surface area contributed by atoms with Crippen molar-refractivity contribution in [2.45, 2.75) is 38.3 Å². The van der Waals surface area contributed by atoms with Gasteiger partial charge in [0.15, 0.2) is 0 Å². The van der Waals surface area contributed by atoms with Crippen LogP contribution in [0, 0.1) is 0 Å². The Morgan fingerprint density at radius 1 is 1.29 bits per heavy atom. The lowest BCUT2D eigenvalue weighted by molar-refractivity contribution is 0.406. The lowest BCUT2D eigenvalue weighted by Crippen LogP contribution is -2.28. The molecule has 0 bridgehead atoms. The molecule has 0 aliphatic heterocycles. The number of benzene rings is 1. The van der Waals surface area contributed by atoms with Crippen molar-refractivity contribution in [3.8, 4) is 0 Å². The van der Waals surface area contributed by atoms with Gasteiger partial charge in [0.05, 0.1) is 11.7 Å². The number of nitrogens with one attached hydrogen (secondary N) is 1. The van der Waals surface area contributed by atoms with E-state index in [2.05, 4.69) is 23.3 Å². The van der Waals surface area contributed by atoms with Crippen molar-refractivity contribution in [1.29, 1.82) is 0 Å². The van der Waals surface area contributed by atoms with E-state index in [0.717, 1.165) is 18.4 Å². The number of aromatic nitrogens is 1. The average molecular weight is 321 g/mol. The average Bonchev–Trinajstić information content (AvgIpc) is 2.47. The number of halogens is 2. The highest BCUT2D eigenvalue weighted by atomic mass is 35.5. The minimum Gasteiger partial charge on any atom is -0.302 e. The lowest BCUT2D eigenvalue weighted by atomic mass is 9.91. The van der Waals surface area contributed by atoms with Gasteiger partial charge in [-0.2, -0.15) is 0 Å². The van der Waals surface area contributed by atoms with E-state index in [9.17, 15) is 0 Å². The van der Waals surface area contributed by atoms with Gasteiger partial charge >= 0.3 is 0 Å². The Balaban J connectivity index is 1.81. The maximum Gasteiger partial charge on any atom is 0.0605 e. The molecule has 4 heteroatoms. The van der Waals surface area contributed by atoms with Crippen LogP contribution in [0.5, 0.6) is 0 Å². The van der Waals surface area contributed by atoms with Crippen molar-refractivity contribution >= 4 is 23.2 Å². The second-order valence-corrected chi connectivity index (χ2v) is 6.39. The van der Waals surface area contributed by atoms with Gasteiger partial charge in [-0.05, 0) is 55.5 Å². The quantitative estimate of drug-likeness (QED) is 0.849. The number of aryl methyl sites for hydroxylation is 1. The Morgan fingerprint density at radius 2 is 2.14 bits per heavy atom. The number of pyridine rings is 1. The van der Waals surface area contributed by atoms with Crippen molar-refractivity contribution in [3.05, 3.63) is 63.4 Å². The molecule has 1 aromatic heterocycles. The van der Waals surface area contributed by atoms with E-state index in [4.69, 9.17) is 23.2 Å². The maximum absolute atomic E-state index is 6.30. The third-order valence-corrected chi connectivity index (χ3v) is 4.64. The molecular weight excluding hydrogens is 303 g/mol. The largest absolute Gasteiger partial charge is 0.302 e. The summed E-state index contributed by atoms with van der Waals surface area (Å²) in [5, 5.41) is 5.04. The van der Waals surface area contributed by atoms with Gasteiger partial charge in [-0.3, -0.25) is 4.98 Å². The summed E-state index contributed by atoms with van der Waals surface area (Å²) in [5.41, 5.74) is 3.61. The summed E-state index contributed by atoms with van der Waals surface area (Å²) in [6, 6.07) is 10.3. The van der Waals surface area contributed by atoms with Gasteiger partial charge in [0.1, 0.15) is 0 Å². The van der Waals surface area contributed by atoms with Crippen LogP contribution in [-0.4, -0.2) is 4.98 Å². The van der Waals surface area contributed by atoms with Gasteiger partial charge in [0.2, 0.25) is 0 Å². The molecule has 0 saturated heterocycles. The molecule has 2 aromatic rings. The van der Waals surface area contributed by atoms with Crippen molar-refractivity contribution in [3.63, 3.8) is 0 Å². The standard InChI is InChI=1S/C17H18Cl2N2/c1-11(14-8-7-13(18)10-15(14)19)21-16-6-2-4-12-5-3-9-20-17(12)16/h3,5,7-11,16,21H,2,4,6H2,1H3. The van der Waals surface area contributed by atoms with E-state index in [1.54, 1.807) is 6.07 Å². The van der Waals surface area contributed by atoms with E-state index in [1.807, 2.05) is 24.4 Å². The Bertz CT molecular complexity index is 642. The molecule has 0 saturated carbocycles. The molecule has 0 radical (unpaired) electrons. The van der Waals surface area contributed by atoms with Gasteiger partial charge in [0.25, 0.3) is 0 Å². The molecule has 1 aliphatic carbocycles. The van der Waals surface area contributed by atoms with E-state index < -0.39 is 0 Å². The first-order chi connectivity index (χ1) is 10.1. The molecule has 3 rings (SSSR count). The highest BCUT2D eigenvalue weighted by molar-refractivity contribution is 6.35. The number of fused-ring (bicyclic) bond motifs is 1. The minimum absolute atomic E-state index is 0.160. The zero-order valence-electron chi connectivity index (χ0n) is 11.9. The second-order valence-electron chi connectivity index (χ2n) is 5.55. The van der Waals surface area contributed by atoms with Crippen molar-refractivity contribution < 1.29 is 0 Å². The Labute approximate surface area is 135 Å². The molecule has 0 spiro atoms. The molecule has 110 valence electrons. The first-order valence-electron chi connectivity index (χ1n) is 7.30. The molecule has 2 atom stereocenters. The Kier molecular flexibility index (Phi) is 4.48. The van der Waals surface area contributed by atoms with Gasteiger partial charge in [-0.25, -0.2) is 0 Å². The van der Waals surface area contributed by atoms with Crippen LogP contribution in [0.15, 0.2) is 36.5 Å². The fraction of sp³-hybridized carbons (Fsp3) is 0.353. The number of hydrogen-bond donors (Lipinski definition) is 1. The second kappa shape index (κ2) is 6.35.